The number of aromatic amines is 1. The van der Waals surface area contributed by atoms with Gasteiger partial charge in [0.15, 0.2) is 0 Å². The topological polar surface area (TPSA) is 106 Å². The number of nitrogens with one attached hydrogen (secondary N) is 2. The number of pyridine rings is 1. The van der Waals surface area contributed by atoms with Gasteiger partial charge in [-0.2, -0.15) is 5.21 Å². The number of aryl methyl sites for hydroxylation is 1. The first-order chi connectivity index (χ1) is 13.1. The van der Waals surface area contributed by atoms with Gasteiger partial charge >= 0.3 is 0 Å². The summed E-state index contributed by atoms with van der Waals surface area (Å²) in [6.45, 7) is 1.81. The Morgan fingerprint density at radius 2 is 2.04 bits per heavy atom. The van der Waals surface area contributed by atoms with Gasteiger partial charge in [-0.25, -0.2) is 0 Å². The Labute approximate surface area is 154 Å². The van der Waals surface area contributed by atoms with E-state index in [9.17, 15) is 4.79 Å². The second kappa shape index (κ2) is 6.83. The van der Waals surface area contributed by atoms with E-state index in [0.717, 1.165) is 22.2 Å². The molecule has 0 unspecified atom stereocenters. The number of rotatable bonds is 4. The molecule has 0 aliphatic carbocycles. The molecule has 0 saturated heterocycles. The van der Waals surface area contributed by atoms with Crippen LogP contribution >= 0.6 is 0 Å². The predicted molar refractivity (Wildman–Crippen MR) is 101 cm³/mol. The average molecular weight is 360 g/mol. The van der Waals surface area contributed by atoms with Crippen molar-refractivity contribution in [2.24, 2.45) is 0 Å². The lowest BCUT2D eigenvalue weighted by Gasteiger charge is -2.10. The van der Waals surface area contributed by atoms with Crippen LogP contribution in [0.4, 0.5) is 5.69 Å². The number of aromatic nitrogens is 5. The molecule has 8 nitrogen and oxygen atoms in total. The zero-order chi connectivity index (χ0) is 18.8. The fourth-order valence-electron chi connectivity index (χ4n) is 2.82. The Morgan fingerprint density at radius 3 is 2.81 bits per heavy atom. The van der Waals surface area contributed by atoms with Gasteiger partial charge in [0.2, 0.25) is 5.82 Å². The van der Waals surface area contributed by atoms with Crippen molar-refractivity contribution in [2.45, 2.75) is 6.92 Å². The van der Waals surface area contributed by atoms with Gasteiger partial charge in [0, 0.05) is 22.7 Å². The maximum absolute atomic E-state index is 12.8. The molecule has 0 aliphatic rings. The highest BCUT2D eigenvalue weighted by molar-refractivity contribution is 6.07. The van der Waals surface area contributed by atoms with Gasteiger partial charge < -0.3 is 10.1 Å². The number of fused-ring (bicyclic) bond motifs is 1. The number of benzene rings is 2. The van der Waals surface area contributed by atoms with Gasteiger partial charge in [0.25, 0.3) is 5.91 Å². The zero-order valence-corrected chi connectivity index (χ0v) is 14.7. The molecule has 0 bridgehead atoms. The van der Waals surface area contributed by atoms with Crippen LogP contribution < -0.4 is 10.1 Å². The van der Waals surface area contributed by atoms with Crippen LogP contribution in [0.5, 0.6) is 5.75 Å². The molecular formula is C19H16N6O2. The normalized spacial score (nSPS) is 10.7. The van der Waals surface area contributed by atoms with Crippen LogP contribution in [-0.2, 0) is 0 Å². The van der Waals surface area contributed by atoms with E-state index in [1.165, 1.54) is 0 Å². The monoisotopic (exact) mass is 360 g/mol. The molecule has 2 aromatic carbocycles. The summed E-state index contributed by atoms with van der Waals surface area (Å²) in [5.41, 5.74) is 3.32. The largest absolute Gasteiger partial charge is 0.497 e. The van der Waals surface area contributed by atoms with Crippen LogP contribution in [0.15, 0.2) is 48.5 Å². The molecule has 2 aromatic heterocycles. The summed E-state index contributed by atoms with van der Waals surface area (Å²) in [6.07, 6.45) is 0. The van der Waals surface area contributed by atoms with Gasteiger partial charge in [-0.15, -0.1) is 10.2 Å². The Morgan fingerprint density at radius 1 is 1.15 bits per heavy atom. The molecule has 4 rings (SSSR count). The van der Waals surface area contributed by atoms with E-state index in [0.29, 0.717) is 22.8 Å². The Kier molecular flexibility index (Phi) is 4.21. The van der Waals surface area contributed by atoms with Crippen LogP contribution in [-0.4, -0.2) is 38.6 Å². The Bertz CT molecular complexity index is 1120. The van der Waals surface area contributed by atoms with Crippen molar-refractivity contribution in [1.29, 1.82) is 0 Å². The lowest BCUT2D eigenvalue weighted by molar-refractivity contribution is 0.102. The standard InChI is InChI=1S/C19H16N6O2/c1-11-16(9-12-6-7-15(27-2)10-17(12)20-11)19(26)21-14-5-3-4-13(8-14)18-22-24-25-23-18/h3-10H,1-2H3,(H,21,26)(H,22,23,24,25). The molecule has 0 fully saturated rings. The molecule has 0 radical (unpaired) electrons. The Hall–Kier alpha value is -3.81. The summed E-state index contributed by atoms with van der Waals surface area (Å²) in [7, 11) is 1.61. The van der Waals surface area contributed by atoms with Crippen molar-refractivity contribution in [3.63, 3.8) is 0 Å². The first-order valence-corrected chi connectivity index (χ1v) is 8.24. The van der Waals surface area contributed by atoms with Crippen LogP contribution in [0.3, 0.4) is 0 Å². The van der Waals surface area contributed by atoms with Crippen molar-refractivity contribution in [3.8, 4) is 17.1 Å². The molecule has 0 aliphatic heterocycles. The minimum Gasteiger partial charge on any atom is -0.497 e. The number of H-pyrrole nitrogens is 1. The number of methoxy groups -OCH3 is 1. The summed E-state index contributed by atoms with van der Waals surface area (Å²) >= 11 is 0. The molecule has 2 heterocycles. The first kappa shape index (κ1) is 16.6. The minimum atomic E-state index is -0.233. The van der Waals surface area contributed by atoms with E-state index in [4.69, 9.17) is 4.74 Å². The summed E-state index contributed by atoms with van der Waals surface area (Å²) in [5, 5.41) is 17.6. The molecule has 27 heavy (non-hydrogen) atoms. The number of amides is 1. The van der Waals surface area contributed by atoms with E-state index < -0.39 is 0 Å². The number of nitrogens with zero attached hydrogens (tertiary/aromatic N) is 4. The number of carbonyl (C=O) groups excluding carboxylic acids is 1. The molecule has 0 saturated carbocycles. The lowest BCUT2D eigenvalue weighted by Crippen LogP contribution is -2.14. The highest BCUT2D eigenvalue weighted by atomic mass is 16.5. The second-order valence-corrected chi connectivity index (χ2v) is 5.95. The van der Waals surface area contributed by atoms with Gasteiger partial charge in [-0.05, 0) is 42.5 Å². The predicted octanol–water partition coefficient (Wildman–Crippen LogP) is 2.98. The summed E-state index contributed by atoms with van der Waals surface area (Å²) < 4.78 is 5.22. The van der Waals surface area contributed by atoms with Crippen molar-refractivity contribution < 1.29 is 9.53 Å². The number of anilines is 1. The van der Waals surface area contributed by atoms with E-state index in [1.54, 1.807) is 19.2 Å². The molecular weight excluding hydrogens is 344 g/mol. The fraction of sp³-hybridized carbons (Fsp3) is 0.105. The van der Waals surface area contributed by atoms with Crippen LogP contribution in [0, 0.1) is 6.92 Å². The minimum absolute atomic E-state index is 0.233. The molecule has 0 spiro atoms. The highest BCUT2D eigenvalue weighted by Gasteiger charge is 2.13. The second-order valence-electron chi connectivity index (χ2n) is 5.95. The van der Waals surface area contributed by atoms with Crippen molar-refractivity contribution in [3.05, 3.63) is 59.8 Å². The summed E-state index contributed by atoms with van der Waals surface area (Å²) in [5.74, 6) is 0.955. The molecule has 4 aromatic rings. The van der Waals surface area contributed by atoms with Gasteiger partial charge in [-0.1, -0.05) is 12.1 Å². The number of ether oxygens (including phenoxy) is 1. The van der Waals surface area contributed by atoms with Crippen molar-refractivity contribution >= 4 is 22.5 Å². The third kappa shape index (κ3) is 3.32. The Balaban J connectivity index is 1.63. The molecule has 2 N–H and O–H groups in total. The van der Waals surface area contributed by atoms with Crippen molar-refractivity contribution in [1.82, 2.24) is 25.6 Å². The molecule has 0 atom stereocenters. The highest BCUT2D eigenvalue weighted by Crippen LogP contribution is 2.23. The summed E-state index contributed by atoms with van der Waals surface area (Å²) in [4.78, 5) is 17.3. The van der Waals surface area contributed by atoms with E-state index >= 15 is 0 Å². The van der Waals surface area contributed by atoms with E-state index in [2.05, 4.69) is 30.9 Å². The molecule has 8 heteroatoms. The van der Waals surface area contributed by atoms with E-state index in [-0.39, 0.29) is 5.91 Å². The maximum Gasteiger partial charge on any atom is 0.257 e. The number of carbonyl (C=O) groups is 1. The van der Waals surface area contributed by atoms with Gasteiger partial charge in [0.1, 0.15) is 5.75 Å². The smallest absolute Gasteiger partial charge is 0.257 e. The van der Waals surface area contributed by atoms with Crippen LogP contribution in [0.2, 0.25) is 0 Å². The van der Waals surface area contributed by atoms with Crippen LogP contribution in [0.25, 0.3) is 22.3 Å². The molecule has 134 valence electrons. The first-order valence-electron chi connectivity index (χ1n) is 8.24. The summed E-state index contributed by atoms with van der Waals surface area (Å²) in [6, 6.07) is 14.7. The van der Waals surface area contributed by atoms with Crippen molar-refractivity contribution in [2.75, 3.05) is 12.4 Å². The van der Waals surface area contributed by atoms with Crippen LogP contribution in [0.1, 0.15) is 16.1 Å². The number of hydrogen-bond donors (Lipinski definition) is 2. The average Bonchev–Trinajstić information content (AvgIpc) is 3.22. The fourth-order valence-corrected chi connectivity index (χ4v) is 2.82. The quantitative estimate of drug-likeness (QED) is 0.579. The third-order valence-electron chi connectivity index (χ3n) is 4.18. The SMILES string of the molecule is COc1ccc2cc(C(=O)Nc3cccc(-c4nn[nH]n4)c3)c(C)nc2c1. The lowest BCUT2D eigenvalue weighted by atomic mass is 10.1. The zero-order valence-electron chi connectivity index (χ0n) is 14.7. The number of tetrazole rings is 1. The third-order valence-corrected chi connectivity index (χ3v) is 4.18. The molecule has 1 amide bonds. The van der Waals surface area contributed by atoms with E-state index in [1.807, 2.05) is 43.3 Å². The number of hydrogen-bond acceptors (Lipinski definition) is 6. The van der Waals surface area contributed by atoms with Gasteiger partial charge in [-0.3, -0.25) is 9.78 Å². The van der Waals surface area contributed by atoms with Gasteiger partial charge in [0.05, 0.1) is 23.9 Å². The maximum atomic E-state index is 12.8.